The standard InChI is InChI=1S/C7H15NO2/c8-7(10)5-1-3-6(9)4-2-5/h5-7,9-10H,1-4,8H2. The molecule has 1 unspecified atom stereocenters. The van der Waals surface area contributed by atoms with Crippen LogP contribution in [-0.2, 0) is 0 Å². The molecule has 1 fully saturated rings. The molecule has 1 aliphatic rings. The predicted octanol–water partition coefficient (Wildman–Crippen LogP) is -0.185. The molecular weight excluding hydrogens is 130 g/mol. The van der Waals surface area contributed by atoms with Crippen molar-refractivity contribution in [3.63, 3.8) is 0 Å². The van der Waals surface area contributed by atoms with E-state index >= 15 is 0 Å². The van der Waals surface area contributed by atoms with E-state index in [9.17, 15) is 0 Å². The summed E-state index contributed by atoms with van der Waals surface area (Å²) in [7, 11) is 0. The van der Waals surface area contributed by atoms with Crippen LogP contribution in [0.2, 0.25) is 0 Å². The largest absolute Gasteiger partial charge is 0.393 e. The van der Waals surface area contributed by atoms with Gasteiger partial charge >= 0.3 is 0 Å². The Balaban J connectivity index is 2.26. The first-order chi connectivity index (χ1) is 4.70. The second kappa shape index (κ2) is 3.32. The maximum Gasteiger partial charge on any atom is 0.105 e. The van der Waals surface area contributed by atoms with Crippen LogP contribution in [0.3, 0.4) is 0 Å². The van der Waals surface area contributed by atoms with E-state index in [0.717, 1.165) is 25.7 Å². The van der Waals surface area contributed by atoms with E-state index in [4.69, 9.17) is 15.9 Å². The first-order valence-corrected chi connectivity index (χ1v) is 3.82. The van der Waals surface area contributed by atoms with Crippen molar-refractivity contribution >= 4 is 0 Å². The summed E-state index contributed by atoms with van der Waals surface area (Å²) < 4.78 is 0. The molecule has 0 amide bonds. The lowest BCUT2D eigenvalue weighted by Crippen LogP contribution is -2.33. The molecule has 1 rings (SSSR count). The van der Waals surface area contributed by atoms with E-state index in [-0.39, 0.29) is 12.0 Å². The maximum absolute atomic E-state index is 9.09. The van der Waals surface area contributed by atoms with Gasteiger partial charge in [0.15, 0.2) is 0 Å². The zero-order valence-corrected chi connectivity index (χ0v) is 6.03. The smallest absolute Gasteiger partial charge is 0.105 e. The maximum atomic E-state index is 9.09. The summed E-state index contributed by atoms with van der Waals surface area (Å²) in [5.74, 6) is 0.211. The highest BCUT2D eigenvalue weighted by Crippen LogP contribution is 2.24. The van der Waals surface area contributed by atoms with E-state index in [0.29, 0.717) is 0 Å². The van der Waals surface area contributed by atoms with Gasteiger partial charge < -0.3 is 15.9 Å². The van der Waals surface area contributed by atoms with E-state index in [2.05, 4.69) is 0 Å². The fourth-order valence-corrected chi connectivity index (χ4v) is 1.44. The molecule has 0 radical (unpaired) electrons. The van der Waals surface area contributed by atoms with Crippen molar-refractivity contribution in [2.24, 2.45) is 11.7 Å². The molecule has 1 saturated carbocycles. The molecule has 60 valence electrons. The fraction of sp³-hybridized carbons (Fsp3) is 1.00. The van der Waals surface area contributed by atoms with Crippen molar-refractivity contribution in [1.82, 2.24) is 0 Å². The van der Waals surface area contributed by atoms with Crippen molar-refractivity contribution in [2.75, 3.05) is 0 Å². The van der Waals surface area contributed by atoms with Gasteiger partial charge in [-0.2, -0.15) is 0 Å². The molecule has 10 heavy (non-hydrogen) atoms. The minimum Gasteiger partial charge on any atom is -0.393 e. The van der Waals surface area contributed by atoms with Crippen molar-refractivity contribution in [3.05, 3.63) is 0 Å². The van der Waals surface area contributed by atoms with Crippen LogP contribution >= 0.6 is 0 Å². The molecule has 3 heteroatoms. The Hall–Kier alpha value is -0.120. The van der Waals surface area contributed by atoms with Crippen molar-refractivity contribution < 1.29 is 10.2 Å². The van der Waals surface area contributed by atoms with Gasteiger partial charge in [0.05, 0.1) is 6.10 Å². The molecule has 1 aliphatic carbocycles. The number of aliphatic hydroxyl groups excluding tert-OH is 2. The van der Waals surface area contributed by atoms with Crippen LogP contribution in [0.4, 0.5) is 0 Å². The van der Waals surface area contributed by atoms with Gasteiger partial charge in [0, 0.05) is 0 Å². The zero-order valence-electron chi connectivity index (χ0n) is 6.03. The quantitative estimate of drug-likeness (QED) is 0.448. The van der Waals surface area contributed by atoms with Crippen LogP contribution in [0.15, 0.2) is 0 Å². The summed E-state index contributed by atoms with van der Waals surface area (Å²) in [6, 6.07) is 0. The highest BCUT2D eigenvalue weighted by atomic mass is 16.3. The van der Waals surface area contributed by atoms with E-state index in [1.807, 2.05) is 0 Å². The van der Waals surface area contributed by atoms with Crippen molar-refractivity contribution in [1.29, 1.82) is 0 Å². The molecule has 0 aromatic rings. The topological polar surface area (TPSA) is 66.5 Å². The number of hydrogen-bond acceptors (Lipinski definition) is 3. The summed E-state index contributed by atoms with van der Waals surface area (Å²) >= 11 is 0. The van der Waals surface area contributed by atoms with E-state index < -0.39 is 6.23 Å². The molecule has 1 atom stereocenters. The highest BCUT2D eigenvalue weighted by Gasteiger charge is 2.22. The first-order valence-electron chi connectivity index (χ1n) is 3.82. The normalized spacial score (nSPS) is 37.5. The lowest BCUT2D eigenvalue weighted by atomic mass is 9.86. The van der Waals surface area contributed by atoms with Crippen LogP contribution in [0, 0.1) is 5.92 Å². The van der Waals surface area contributed by atoms with Gasteiger partial charge in [-0.1, -0.05) is 0 Å². The lowest BCUT2D eigenvalue weighted by Gasteiger charge is -2.26. The lowest BCUT2D eigenvalue weighted by molar-refractivity contribution is 0.0454. The van der Waals surface area contributed by atoms with Gasteiger partial charge in [-0.3, -0.25) is 0 Å². The van der Waals surface area contributed by atoms with Crippen LogP contribution < -0.4 is 5.73 Å². The van der Waals surface area contributed by atoms with Gasteiger partial charge in [0.1, 0.15) is 6.23 Å². The number of hydrogen-bond donors (Lipinski definition) is 3. The third-order valence-corrected chi connectivity index (χ3v) is 2.22. The minimum absolute atomic E-state index is 0.157. The molecule has 0 aromatic heterocycles. The summed E-state index contributed by atoms with van der Waals surface area (Å²) in [4.78, 5) is 0. The Kier molecular flexibility index (Phi) is 2.65. The van der Waals surface area contributed by atoms with Gasteiger partial charge in [-0.15, -0.1) is 0 Å². The van der Waals surface area contributed by atoms with E-state index in [1.165, 1.54) is 0 Å². The van der Waals surface area contributed by atoms with Gasteiger partial charge in [0.25, 0.3) is 0 Å². The summed E-state index contributed by atoms with van der Waals surface area (Å²) in [5, 5.41) is 18.0. The van der Waals surface area contributed by atoms with Gasteiger partial charge in [-0.05, 0) is 31.6 Å². The number of nitrogens with two attached hydrogens (primary N) is 1. The third kappa shape index (κ3) is 1.94. The van der Waals surface area contributed by atoms with Gasteiger partial charge in [-0.25, -0.2) is 0 Å². The molecular formula is C7H15NO2. The van der Waals surface area contributed by atoms with Gasteiger partial charge in [0.2, 0.25) is 0 Å². The van der Waals surface area contributed by atoms with Crippen LogP contribution in [0.1, 0.15) is 25.7 Å². The second-order valence-corrected chi connectivity index (χ2v) is 3.06. The van der Waals surface area contributed by atoms with E-state index in [1.54, 1.807) is 0 Å². The fourth-order valence-electron chi connectivity index (χ4n) is 1.44. The molecule has 0 aliphatic heterocycles. The highest BCUT2D eigenvalue weighted by molar-refractivity contribution is 4.73. The molecule has 0 aromatic carbocycles. The van der Waals surface area contributed by atoms with Crippen molar-refractivity contribution in [3.8, 4) is 0 Å². The second-order valence-electron chi connectivity index (χ2n) is 3.06. The summed E-state index contributed by atoms with van der Waals surface area (Å²) in [5.41, 5.74) is 5.29. The summed E-state index contributed by atoms with van der Waals surface area (Å²) in [6.07, 6.45) is 2.46. The number of rotatable bonds is 1. The van der Waals surface area contributed by atoms with Crippen molar-refractivity contribution in [2.45, 2.75) is 38.0 Å². The Bertz CT molecular complexity index is 97.8. The Morgan fingerprint density at radius 2 is 1.70 bits per heavy atom. The monoisotopic (exact) mass is 145 g/mol. The van der Waals surface area contributed by atoms with Crippen LogP contribution in [0.5, 0.6) is 0 Å². The Morgan fingerprint density at radius 1 is 1.20 bits per heavy atom. The molecule has 0 spiro atoms. The zero-order chi connectivity index (χ0) is 7.56. The first kappa shape index (κ1) is 7.98. The Labute approximate surface area is 60.9 Å². The average molecular weight is 145 g/mol. The Morgan fingerprint density at radius 3 is 2.10 bits per heavy atom. The van der Waals surface area contributed by atoms with Crippen LogP contribution in [-0.4, -0.2) is 22.5 Å². The molecule has 0 heterocycles. The number of aliphatic hydroxyl groups is 2. The average Bonchev–Trinajstić information content (AvgIpc) is 1.88. The summed E-state index contributed by atoms with van der Waals surface area (Å²) in [6.45, 7) is 0. The third-order valence-electron chi connectivity index (χ3n) is 2.22. The molecule has 0 bridgehead atoms. The minimum atomic E-state index is -0.688. The predicted molar refractivity (Wildman–Crippen MR) is 38.2 cm³/mol. The SMILES string of the molecule is NC(O)C1CCC(O)CC1. The molecule has 4 N–H and O–H groups in total. The van der Waals surface area contributed by atoms with Crippen LogP contribution in [0.25, 0.3) is 0 Å². The molecule has 0 saturated heterocycles. The molecule has 3 nitrogen and oxygen atoms in total.